The van der Waals surface area contributed by atoms with Crippen molar-refractivity contribution in [1.29, 1.82) is 0 Å². The lowest BCUT2D eigenvalue weighted by atomic mass is 10.1. The number of aryl methyl sites for hydroxylation is 1. The molecule has 0 unspecified atom stereocenters. The number of fused-ring (bicyclic) bond motifs is 1. The monoisotopic (exact) mass is 365 g/mol. The number of benzene rings is 1. The summed E-state index contributed by atoms with van der Waals surface area (Å²) in [6.07, 6.45) is 0. The molecule has 0 N–H and O–H groups in total. The number of carbonyl (C=O) groups is 3. The Labute approximate surface area is 136 Å². The molecule has 2 fully saturated rings. The Balaban J connectivity index is 1.95. The largest absolute Gasteiger partial charge is 0.465 e. The standard InChI is InChI=1S/C16H16BrNO4/c1-4-22-14(21)16(17)11-12(19)18(13(20)15(11,16)3)10-7-5-9(2)6-8-10/h5-8,11H,4H2,1-3H3/t11-,15-,16+/m0/s1. The first kappa shape index (κ1) is 15.2. The second kappa shape index (κ2) is 4.65. The van der Waals surface area contributed by atoms with E-state index in [-0.39, 0.29) is 18.4 Å². The fourth-order valence-corrected chi connectivity index (χ4v) is 4.29. The number of esters is 1. The Hall–Kier alpha value is -1.69. The molecule has 0 aromatic heterocycles. The van der Waals surface area contributed by atoms with Crippen LogP contribution in [0.5, 0.6) is 0 Å². The van der Waals surface area contributed by atoms with Gasteiger partial charge in [0.15, 0.2) is 4.32 Å². The van der Waals surface area contributed by atoms with E-state index >= 15 is 0 Å². The van der Waals surface area contributed by atoms with Gasteiger partial charge in [0.05, 0.1) is 23.6 Å². The third kappa shape index (κ3) is 1.61. The lowest BCUT2D eigenvalue weighted by Gasteiger charge is -2.23. The molecule has 0 radical (unpaired) electrons. The third-order valence-electron chi connectivity index (χ3n) is 4.63. The van der Waals surface area contributed by atoms with E-state index in [9.17, 15) is 14.4 Å². The summed E-state index contributed by atoms with van der Waals surface area (Å²) in [6, 6.07) is 7.16. The maximum absolute atomic E-state index is 12.8. The van der Waals surface area contributed by atoms with Gasteiger partial charge in [-0.2, -0.15) is 0 Å². The Bertz CT molecular complexity index is 686. The van der Waals surface area contributed by atoms with E-state index in [0.29, 0.717) is 5.69 Å². The van der Waals surface area contributed by atoms with Crippen LogP contribution in [0.4, 0.5) is 5.69 Å². The van der Waals surface area contributed by atoms with Crippen molar-refractivity contribution < 1.29 is 19.1 Å². The highest BCUT2D eigenvalue weighted by Gasteiger charge is 2.89. The SMILES string of the molecule is CCOC(=O)[C@]1(Br)[C@H]2C(=O)N(c3ccc(C)cc3)C(=O)[C@]21C. The number of carbonyl (C=O) groups excluding carboxylic acids is 3. The number of hydrogen-bond donors (Lipinski definition) is 0. The van der Waals surface area contributed by atoms with Crippen LogP contribution in [-0.2, 0) is 19.1 Å². The van der Waals surface area contributed by atoms with Crippen LogP contribution in [0.25, 0.3) is 0 Å². The molecule has 1 saturated carbocycles. The molecule has 2 amide bonds. The molecule has 1 aromatic rings. The molecule has 3 rings (SSSR count). The van der Waals surface area contributed by atoms with Gasteiger partial charge in [-0.05, 0) is 32.9 Å². The van der Waals surface area contributed by atoms with Crippen LogP contribution >= 0.6 is 15.9 Å². The van der Waals surface area contributed by atoms with Crippen LogP contribution in [0.3, 0.4) is 0 Å². The zero-order valence-corrected chi connectivity index (χ0v) is 14.1. The number of piperidine rings is 1. The Morgan fingerprint density at radius 2 is 1.91 bits per heavy atom. The second-order valence-corrected chi connectivity index (χ2v) is 7.13. The van der Waals surface area contributed by atoms with Crippen LogP contribution in [0.1, 0.15) is 19.4 Å². The molecule has 0 bridgehead atoms. The predicted molar refractivity (Wildman–Crippen MR) is 83.6 cm³/mol. The van der Waals surface area contributed by atoms with Gasteiger partial charge in [-0.1, -0.05) is 33.6 Å². The lowest BCUT2D eigenvalue weighted by molar-refractivity contribution is -0.146. The maximum Gasteiger partial charge on any atom is 0.324 e. The summed E-state index contributed by atoms with van der Waals surface area (Å²) in [6.45, 7) is 5.47. The van der Waals surface area contributed by atoms with E-state index in [0.717, 1.165) is 5.56 Å². The highest BCUT2D eigenvalue weighted by molar-refractivity contribution is 9.10. The van der Waals surface area contributed by atoms with Crippen LogP contribution < -0.4 is 4.90 Å². The molecular formula is C16H16BrNO4. The zero-order valence-electron chi connectivity index (χ0n) is 12.6. The fourth-order valence-electron chi connectivity index (χ4n) is 3.24. The number of halogens is 1. The van der Waals surface area contributed by atoms with Crippen molar-refractivity contribution in [2.75, 3.05) is 11.5 Å². The molecule has 3 atom stereocenters. The number of alkyl halides is 1. The Morgan fingerprint density at radius 3 is 2.36 bits per heavy atom. The number of imide groups is 1. The fraction of sp³-hybridized carbons (Fsp3) is 0.438. The van der Waals surface area contributed by atoms with Crippen molar-refractivity contribution in [3.63, 3.8) is 0 Å². The van der Waals surface area contributed by atoms with Crippen molar-refractivity contribution in [3.8, 4) is 0 Å². The van der Waals surface area contributed by atoms with E-state index < -0.39 is 21.6 Å². The van der Waals surface area contributed by atoms with E-state index in [1.807, 2.05) is 19.1 Å². The summed E-state index contributed by atoms with van der Waals surface area (Å²) in [7, 11) is 0. The topological polar surface area (TPSA) is 63.7 Å². The number of nitrogens with zero attached hydrogens (tertiary/aromatic N) is 1. The zero-order chi connectivity index (χ0) is 16.3. The smallest absolute Gasteiger partial charge is 0.324 e. The first-order valence-corrected chi connectivity index (χ1v) is 7.90. The van der Waals surface area contributed by atoms with E-state index in [1.54, 1.807) is 26.0 Å². The highest BCUT2D eigenvalue weighted by atomic mass is 79.9. The predicted octanol–water partition coefficient (Wildman–Crippen LogP) is 2.20. The molecule has 1 saturated heterocycles. The minimum atomic E-state index is -1.23. The van der Waals surface area contributed by atoms with Crippen LogP contribution in [-0.4, -0.2) is 28.7 Å². The number of hydrogen-bond acceptors (Lipinski definition) is 4. The van der Waals surface area contributed by atoms with Crippen molar-refractivity contribution >= 4 is 39.4 Å². The molecule has 0 spiro atoms. The van der Waals surface area contributed by atoms with Crippen LogP contribution in [0.15, 0.2) is 24.3 Å². The molecule has 2 aliphatic rings. The summed E-state index contributed by atoms with van der Waals surface area (Å²) in [4.78, 5) is 38.7. The van der Waals surface area contributed by atoms with Gasteiger partial charge in [-0.25, -0.2) is 4.90 Å². The third-order valence-corrected chi connectivity index (χ3v) is 6.23. The molecule has 5 nitrogen and oxygen atoms in total. The first-order valence-electron chi connectivity index (χ1n) is 7.11. The van der Waals surface area contributed by atoms with Gasteiger partial charge in [-0.15, -0.1) is 0 Å². The minimum absolute atomic E-state index is 0.207. The molecule has 1 aliphatic heterocycles. The average Bonchev–Trinajstić information content (AvgIpc) is 2.91. The number of anilines is 1. The summed E-state index contributed by atoms with van der Waals surface area (Å²) in [5.74, 6) is -1.99. The van der Waals surface area contributed by atoms with Crippen LogP contribution in [0, 0.1) is 18.3 Å². The highest BCUT2D eigenvalue weighted by Crippen LogP contribution is 2.72. The molecular weight excluding hydrogens is 350 g/mol. The normalized spacial score (nSPS) is 32.9. The molecule has 1 heterocycles. The summed E-state index contributed by atoms with van der Waals surface area (Å²) < 4.78 is 3.78. The molecule has 1 aliphatic carbocycles. The van der Waals surface area contributed by atoms with Gasteiger partial charge in [-0.3, -0.25) is 14.4 Å². The second-order valence-electron chi connectivity index (χ2n) is 5.88. The van der Waals surface area contributed by atoms with Crippen molar-refractivity contribution in [2.24, 2.45) is 11.3 Å². The number of ether oxygens (including phenoxy) is 1. The molecule has 1 aromatic carbocycles. The lowest BCUT2D eigenvalue weighted by Crippen LogP contribution is -2.43. The van der Waals surface area contributed by atoms with Gasteiger partial charge in [0.2, 0.25) is 11.8 Å². The van der Waals surface area contributed by atoms with Gasteiger partial charge in [0, 0.05) is 0 Å². The van der Waals surface area contributed by atoms with Crippen molar-refractivity contribution in [2.45, 2.75) is 25.1 Å². The van der Waals surface area contributed by atoms with Gasteiger partial charge >= 0.3 is 5.97 Å². The summed E-state index contributed by atoms with van der Waals surface area (Å²) in [5, 5.41) is 0. The van der Waals surface area contributed by atoms with Gasteiger partial charge in [0.25, 0.3) is 0 Å². The number of rotatable bonds is 3. The number of amides is 2. The Kier molecular flexibility index (Phi) is 3.22. The first-order chi connectivity index (χ1) is 10.3. The molecule has 6 heteroatoms. The van der Waals surface area contributed by atoms with Gasteiger partial charge < -0.3 is 4.74 Å². The molecule has 22 heavy (non-hydrogen) atoms. The summed E-state index contributed by atoms with van der Waals surface area (Å²) in [5.41, 5.74) is 0.495. The minimum Gasteiger partial charge on any atom is -0.465 e. The summed E-state index contributed by atoms with van der Waals surface area (Å²) >= 11 is 3.31. The van der Waals surface area contributed by atoms with Gasteiger partial charge in [0.1, 0.15) is 0 Å². The maximum atomic E-state index is 12.8. The quantitative estimate of drug-likeness (QED) is 0.468. The molecule has 116 valence electrons. The van der Waals surface area contributed by atoms with E-state index in [2.05, 4.69) is 15.9 Å². The van der Waals surface area contributed by atoms with E-state index in [4.69, 9.17) is 4.74 Å². The van der Waals surface area contributed by atoms with Crippen LogP contribution in [0.2, 0.25) is 0 Å². The van der Waals surface area contributed by atoms with E-state index in [1.165, 1.54) is 4.90 Å². The Morgan fingerprint density at radius 1 is 1.32 bits per heavy atom. The van der Waals surface area contributed by atoms with Crippen molar-refractivity contribution in [3.05, 3.63) is 29.8 Å². The van der Waals surface area contributed by atoms with Crippen molar-refractivity contribution in [1.82, 2.24) is 0 Å². The average molecular weight is 366 g/mol.